The van der Waals surface area contributed by atoms with Gasteiger partial charge in [-0.05, 0) is 36.4 Å². The van der Waals surface area contributed by atoms with Gasteiger partial charge in [-0.15, -0.1) is 0 Å². The van der Waals surface area contributed by atoms with Crippen LogP contribution in [0.25, 0.3) is 0 Å². The number of hydrogen-bond donors (Lipinski definition) is 1. The fourth-order valence-corrected chi connectivity index (χ4v) is 2.40. The van der Waals surface area contributed by atoms with Crippen molar-refractivity contribution < 1.29 is 4.79 Å². The zero-order chi connectivity index (χ0) is 17.6. The molecule has 2 aromatic carbocycles. The molecular weight excluding hydrogens is 312 g/mol. The van der Waals surface area contributed by atoms with Gasteiger partial charge in [-0.3, -0.25) is 15.2 Å². The fraction of sp³-hybridized carbons (Fsp3) is 0.100. The number of nitrogens with one attached hydrogen (secondary N) is 1. The van der Waals surface area contributed by atoms with Crippen LogP contribution in [0, 0.1) is 0 Å². The molecule has 0 radical (unpaired) electrons. The van der Waals surface area contributed by atoms with Crippen molar-refractivity contribution in [1.29, 1.82) is 0 Å². The monoisotopic (exact) mass is 332 g/mol. The predicted molar refractivity (Wildman–Crippen MR) is 101 cm³/mol. The molecule has 0 fully saturated rings. The van der Waals surface area contributed by atoms with Gasteiger partial charge in [-0.2, -0.15) is 0 Å². The molecule has 3 aromatic rings. The summed E-state index contributed by atoms with van der Waals surface area (Å²) in [4.78, 5) is 18.9. The number of aromatic nitrogens is 1. The quantitative estimate of drug-likeness (QED) is 0.725. The van der Waals surface area contributed by atoms with E-state index in [9.17, 15) is 4.79 Å². The van der Waals surface area contributed by atoms with Crippen molar-refractivity contribution >= 4 is 23.1 Å². The topological polar surface area (TPSA) is 48.5 Å². The van der Waals surface area contributed by atoms with E-state index >= 15 is 0 Å². The second-order valence-corrected chi connectivity index (χ2v) is 5.74. The van der Waals surface area contributed by atoms with Gasteiger partial charge in [0.05, 0.1) is 11.4 Å². The van der Waals surface area contributed by atoms with Crippen LogP contribution in [0.5, 0.6) is 0 Å². The van der Waals surface area contributed by atoms with Gasteiger partial charge in [-0.25, -0.2) is 4.98 Å². The number of pyridine rings is 1. The number of anilines is 3. The fourth-order valence-electron chi connectivity index (χ4n) is 2.40. The summed E-state index contributed by atoms with van der Waals surface area (Å²) < 4.78 is 0. The molecule has 5 nitrogen and oxygen atoms in total. The van der Waals surface area contributed by atoms with Gasteiger partial charge in [0, 0.05) is 25.9 Å². The number of nitrogens with zero attached hydrogens (tertiary/aromatic N) is 3. The molecule has 5 heteroatoms. The number of rotatable bonds is 5. The molecule has 0 unspecified atom stereocenters. The number of para-hydroxylation sites is 2. The maximum absolute atomic E-state index is 12.8. The summed E-state index contributed by atoms with van der Waals surface area (Å²) in [6, 6.07) is 22.9. The van der Waals surface area contributed by atoms with E-state index in [1.807, 2.05) is 79.7 Å². The van der Waals surface area contributed by atoms with Crippen LogP contribution in [0.4, 0.5) is 17.2 Å². The molecule has 0 bridgehead atoms. The van der Waals surface area contributed by atoms with Crippen LogP contribution in [0.1, 0.15) is 10.4 Å². The van der Waals surface area contributed by atoms with Gasteiger partial charge in [0.2, 0.25) is 0 Å². The minimum absolute atomic E-state index is 0.196. The van der Waals surface area contributed by atoms with E-state index in [-0.39, 0.29) is 5.91 Å². The average Bonchev–Trinajstić information content (AvgIpc) is 2.67. The Labute approximate surface area is 147 Å². The molecule has 1 aromatic heterocycles. The Hall–Kier alpha value is -3.34. The first kappa shape index (κ1) is 16.5. The molecule has 0 spiro atoms. The lowest BCUT2D eigenvalue weighted by atomic mass is 10.2. The Morgan fingerprint density at radius 2 is 1.44 bits per heavy atom. The van der Waals surface area contributed by atoms with Crippen LogP contribution in [0.3, 0.4) is 0 Å². The van der Waals surface area contributed by atoms with E-state index < -0.39 is 0 Å². The van der Waals surface area contributed by atoms with Crippen molar-refractivity contribution in [3.63, 3.8) is 0 Å². The largest absolute Gasteiger partial charge is 0.363 e. The molecular formula is C20H20N4O. The van der Waals surface area contributed by atoms with Crippen LogP contribution in [0.15, 0.2) is 79.0 Å². The van der Waals surface area contributed by atoms with Crippen LogP contribution < -0.4 is 15.3 Å². The highest BCUT2D eigenvalue weighted by Crippen LogP contribution is 2.23. The number of amides is 1. The maximum Gasteiger partial charge on any atom is 0.270 e. The lowest BCUT2D eigenvalue weighted by Crippen LogP contribution is -2.39. The summed E-state index contributed by atoms with van der Waals surface area (Å²) in [6.07, 6.45) is 1.64. The standard InChI is InChI=1S/C20H20N4O/c1-23(2)19-15-16(13-14-21-19)20(25)22-24(17-9-5-3-6-10-17)18-11-7-4-8-12-18/h3-15H,1-2H3,(H,22,25). The summed E-state index contributed by atoms with van der Waals surface area (Å²) in [6.45, 7) is 0. The number of carbonyl (C=O) groups is 1. The van der Waals surface area contributed by atoms with Crippen LogP contribution in [-0.2, 0) is 0 Å². The number of hydrazine groups is 1. The maximum atomic E-state index is 12.8. The molecule has 1 N–H and O–H groups in total. The number of carbonyl (C=O) groups excluding carboxylic acids is 1. The molecule has 0 saturated heterocycles. The first-order valence-electron chi connectivity index (χ1n) is 8.00. The summed E-state index contributed by atoms with van der Waals surface area (Å²) in [7, 11) is 3.79. The van der Waals surface area contributed by atoms with Crippen LogP contribution in [-0.4, -0.2) is 25.0 Å². The first-order chi connectivity index (χ1) is 12.1. The summed E-state index contributed by atoms with van der Waals surface area (Å²) >= 11 is 0. The van der Waals surface area contributed by atoms with Crippen LogP contribution in [0.2, 0.25) is 0 Å². The van der Waals surface area contributed by atoms with Crippen molar-refractivity contribution in [1.82, 2.24) is 10.4 Å². The van der Waals surface area contributed by atoms with E-state index in [1.165, 1.54) is 0 Å². The summed E-state index contributed by atoms with van der Waals surface area (Å²) in [5.74, 6) is 0.539. The second kappa shape index (κ2) is 7.49. The zero-order valence-electron chi connectivity index (χ0n) is 14.3. The SMILES string of the molecule is CN(C)c1cc(C(=O)NN(c2ccccc2)c2ccccc2)ccn1. The first-order valence-corrected chi connectivity index (χ1v) is 8.00. The minimum atomic E-state index is -0.196. The molecule has 0 aliphatic carbocycles. The van der Waals surface area contributed by atoms with E-state index in [1.54, 1.807) is 23.3 Å². The van der Waals surface area contributed by atoms with Gasteiger partial charge in [0.15, 0.2) is 0 Å². The van der Waals surface area contributed by atoms with Gasteiger partial charge in [-0.1, -0.05) is 36.4 Å². The number of hydrogen-bond acceptors (Lipinski definition) is 4. The molecule has 1 amide bonds. The molecule has 0 aliphatic rings. The van der Waals surface area contributed by atoms with Crippen molar-refractivity contribution in [2.24, 2.45) is 0 Å². The van der Waals surface area contributed by atoms with E-state index in [0.29, 0.717) is 5.56 Å². The third-order valence-electron chi connectivity index (χ3n) is 3.71. The smallest absolute Gasteiger partial charge is 0.270 e. The van der Waals surface area contributed by atoms with Gasteiger partial charge in [0.1, 0.15) is 5.82 Å². The lowest BCUT2D eigenvalue weighted by Gasteiger charge is -2.25. The van der Waals surface area contributed by atoms with Gasteiger partial charge in [0.25, 0.3) is 5.91 Å². The zero-order valence-corrected chi connectivity index (χ0v) is 14.3. The minimum Gasteiger partial charge on any atom is -0.363 e. The molecule has 126 valence electrons. The lowest BCUT2D eigenvalue weighted by molar-refractivity contribution is 0.0953. The van der Waals surface area contributed by atoms with E-state index in [0.717, 1.165) is 17.2 Å². The molecule has 1 heterocycles. The molecule has 3 rings (SSSR count). The van der Waals surface area contributed by atoms with Crippen molar-refractivity contribution in [2.75, 3.05) is 24.0 Å². The van der Waals surface area contributed by atoms with Crippen LogP contribution >= 0.6 is 0 Å². The van der Waals surface area contributed by atoms with Crippen molar-refractivity contribution in [3.8, 4) is 0 Å². The van der Waals surface area contributed by atoms with Crippen molar-refractivity contribution in [2.45, 2.75) is 0 Å². The Morgan fingerprint density at radius 1 is 0.880 bits per heavy atom. The molecule has 0 saturated carbocycles. The third kappa shape index (κ3) is 3.95. The summed E-state index contributed by atoms with van der Waals surface area (Å²) in [5, 5.41) is 1.78. The Morgan fingerprint density at radius 3 is 1.96 bits per heavy atom. The Balaban J connectivity index is 1.90. The molecule has 0 aliphatic heterocycles. The number of benzene rings is 2. The van der Waals surface area contributed by atoms with Crippen molar-refractivity contribution in [3.05, 3.63) is 84.6 Å². The highest BCUT2D eigenvalue weighted by atomic mass is 16.2. The highest BCUT2D eigenvalue weighted by Gasteiger charge is 2.14. The normalized spacial score (nSPS) is 10.2. The Kier molecular flexibility index (Phi) is 4.95. The average molecular weight is 332 g/mol. The third-order valence-corrected chi connectivity index (χ3v) is 3.71. The van der Waals surface area contributed by atoms with Gasteiger partial charge >= 0.3 is 0 Å². The van der Waals surface area contributed by atoms with E-state index in [2.05, 4.69) is 10.4 Å². The predicted octanol–water partition coefficient (Wildman–Crippen LogP) is 3.63. The second-order valence-electron chi connectivity index (χ2n) is 5.74. The summed E-state index contributed by atoms with van der Waals surface area (Å²) in [5.41, 5.74) is 5.29. The van der Waals surface area contributed by atoms with E-state index in [4.69, 9.17) is 0 Å². The molecule has 0 atom stereocenters. The highest BCUT2D eigenvalue weighted by molar-refractivity contribution is 5.96. The van der Waals surface area contributed by atoms with Gasteiger partial charge < -0.3 is 4.90 Å². The Bertz CT molecular complexity index is 795. The molecule has 25 heavy (non-hydrogen) atoms.